The number of carbonyl (C=O) groups excluding carboxylic acids is 1. The van der Waals surface area contributed by atoms with Crippen molar-refractivity contribution in [2.24, 2.45) is 0 Å². The van der Waals surface area contributed by atoms with Gasteiger partial charge in [-0.2, -0.15) is 0 Å². The minimum absolute atomic E-state index is 0. The molecule has 0 atom stereocenters. The normalized spacial score (nSPS) is 9.33. The molecular formula is C11H7N2O4Re-. The van der Waals surface area contributed by atoms with Crippen LogP contribution < -0.4 is 0 Å². The molecule has 1 amide bonds. The van der Waals surface area contributed by atoms with Crippen molar-refractivity contribution >= 4 is 17.5 Å². The van der Waals surface area contributed by atoms with E-state index in [0.29, 0.717) is 5.69 Å². The summed E-state index contributed by atoms with van der Waals surface area (Å²) in [6, 6.07) is 10.9. The van der Waals surface area contributed by atoms with E-state index in [4.69, 9.17) is 4.42 Å². The van der Waals surface area contributed by atoms with Gasteiger partial charge in [-0.05, 0) is 6.07 Å². The Kier molecular flexibility index (Phi) is 4.77. The molecule has 0 aliphatic carbocycles. The molecule has 0 spiro atoms. The van der Waals surface area contributed by atoms with E-state index < -0.39 is 16.7 Å². The summed E-state index contributed by atoms with van der Waals surface area (Å²) in [6.45, 7) is 0. The molecule has 0 unspecified atom stereocenters. The van der Waals surface area contributed by atoms with Crippen molar-refractivity contribution < 1.29 is 34.6 Å². The minimum Gasteiger partial charge on any atom is -0.620 e. The number of furan rings is 1. The van der Waals surface area contributed by atoms with Crippen molar-refractivity contribution in [3.8, 4) is 0 Å². The van der Waals surface area contributed by atoms with Gasteiger partial charge < -0.3 is 14.5 Å². The molecule has 0 aliphatic heterocycles. The molecule has 0 bridgehead atoms. The van der Waals surface area contributed by atoms with Crippen LogP contribution in [0, 0.1) is 10.1 Å². The zero-order chi connectivity index (χ0) is 12.3. The first-order valence-electron chi connectivity index (χ1n) is 4.72. The predicted octanol–water partition coefficient (Wildman–Crippen LogP) is 3.03. The van der Waals surface area contributed by atoms with Gasteiger partial charge in [-0.3, -0.25) is 10.1 Å². The molecule has 1 heterocycles. The van der Waals surface area contributed by atoms with Crippen molar-refractivity contribution in [3.63, 3.8) is 0 Å². The average molecular weight is 417 g/mol. The summed E-state index contributed by atoms with van der Waals surface area (Å²) in [5.41, 5.74) is 0.469. The molecule has 1 aromatic heterocycles. The van der Waals surface area contributed by atoms with E-state index in [1.54, 1.807) is 30.3 Å². The molecule has 0 aliphatic rings. The number of carbonyl (C=O) groups is 1. The van der Waals surface area contributed by atoms with Gasteiger partial charge in [0.05, 0.1) is 6.07 Å². The largest absolute Gasteiger partial charge is 0.620 e. The maximum absolute atomic E-state index is 11.6. The van der Waals surface area contributed by atoms with Crippen LogP contribution in [0.2, 0.25) is 0 Å². The molecule has 18 heavy (non-hydrogen) atoms. The SMILES string of the molecule is O=C([N-]c1ccccc1)c1ccc([N+](=O)[O-])o1.[Re]. The van der Waals surface area contributed by atoms with E-state index >= 15 is 0 Å². The van der Waals surface area contributed by atoms with Crippen molar-refractivity contribution in [2.75, 3.05) is 0 Å². The average Bonchev–Trinajstić information content (AvgIpc) is 2.79. The molecule has 7 heteroatoms. The molecular weight excluding hydrogens is 410 g/mol. The number of nitro groups is 1. The third-order valence-electron chi connectivity index (χ3n) is 1.97. The van der Waals surface area contributed by atoms with Crippen LogP contribution in [0.25, 0.3) is 5.32 Å². The first-order chi connectivity index (χ1) is 8.16. The summed E-state index contributed by atoms with van der Waals surface area (Å²) in [5, 5.41) is 14.1. The second-order valence-electron chi connectivity index (χ2n) is 3.15. The van der Waals surface area contributed by atoms with E-state index in [1.165, 1.54) is 6.07 Å². The van der Waals surface area contributed by atoms with Gasteiger partial charge in [-0.1, -0.05) is 30.3 Å². The summed E-state index contributed by atoms with van der Waals surface area (Å²) >= 11 is 0. The summed E-state index contributed by atoms with van der Waals surface area (Å²) in [6.07, 6.45) is 0. The summed E-state index contributed by atoms with van der Waals surface area (Å²) in [4.78, 5) is 21.2. The maximum Gasteiger partial charge on any atom is 0.433 e. The Morgan fingerprint density at radius 1 is 1.17 bits per heavy atom. The van der Waals surface area contributed by atoms with Gasteiger partial charge >= 0.3 is 5.88 Å². The third kappa shape index (κ3) is 3.26. The van der Waals surface area contributed by atoms with Gasteiger partial charge in [0.2, 0.25) is 0 Å². The maximum atomic E-state index is 11.6. The summed E-state index contributed by atoms with van der Waals surface area (Å²) in [7, 11) is 0. The minimum atomic E-state index is -0.709. The van der Waals surface area contributed by atoms with E-state index in [0.717, 1.165) is 6.07 Å². The van der Waals surface area contributed by atoms with Gasteiger partial charge in [-0.25, -0.2) is 0 Å². The topological polar surface area (TPSA) is 87.5 Å². The smallest absolute Gasteiger partial charge is 0.433 e. The van der Waals surface area contributed by atoms with E-state index in [9.17, 15) is 14.9 Å². The standard InChI is InChI=1S/C11H8N2O4.Re/c14-11(12-8-4-2-1-3-5-8)9-6-7-10(17-9)13(15)16;/h1-7H,(H,12,14);/p-1. The number of hydrogen-bond acceptors (Lipinski definition) is 4. The summed E-state index contributed by atoms with van der Waals surface area (Å²) < 4.78 is 4.74. The van der Waals surface area contributed by atoms with E-state index in [2.05, 4.69) is 5.32 Å². The van der Waals surface area contributed by atoms with Crippen molar-refractivity contribution in [3.05, 3.63) is 63.7 Å². The second-order valence-corrected chi connectivity index (χ2v) is 3.15. The Morgan fingerprint density at radius 3 is 2.39 bits per heavy atom. The molecule has 1 radical (unpaired) electrons. The van der Waals surface area contributed by atoms with E-state index in [-0.39, 0.29) is 26.2 Å². The van der Waals surface area contributed by atoms with Crippen LogP contribution in [0.4, 0.5) is 11.6 Å². The van der Waals surface area contributed by atoms with Gasteiger partial charge in [0.1, 0.15) is 10.8 Å². The molecule has 0 fully saturated rings. The second kappa shape index (κ2) is 6.10. The van der Waals surface area contributed by atoms with Crippen LogP contribution in [0.3, 0.4) is 0 Å². The fourth-order valence-electron chi connectivity index (χ4n) is 1.22. The Hall–Kier alpha value is -1.97. The number of rotatable bonds is 3. The van der Waals surface area contributed by atoms with Crippen molar-refractivity contribution in [2.45, 2.75) is 0 Å². The fourth-order valence-corrected chi connectivity index (χ4v) is 1.22. The number of amides is 1. The van der Waals surface area contributed by atoms with Crippen LogP contribution in [-0.4, -0.2) is 10.8 Å². The zero-order valence-corrected chi connectivity index (χ0v) is 11.7. The predicted molar refractivity (Wildman–Crippen MR) is 59.2 cm³/mol. The molecule has 0 saturated heterocycles. The molecule has 2 rings (SSSR count). The summed E-state index contributed by atoms with van der Waals surface area (Å²) in [5.74, 6) is -1.28. The fraction of sp³-hybridized carbons (Fsp3) is 0. The van der Waals surface area contributed by atoms with Crippen LogP contribution in [0.1, 0.15) is 10.6 Å². The Balaban J connectivity index is 0.00000162. The Morgan fingerprint density at radius 2 is 1.83 bits per heavy atom. The van der Waals surface area contributed by atoms with Gasteiger partial charge in [0, 0.05) is 20.4 Å². The van der Waals surface area contributed by atoms with Gasteiger partial charge in [-0.15, -0.1) is 5.69 Å². The molecule has 93 valence electrons. The van der Waals surface area contributed by atoms with Gasteiger partial charge in [0.25, 0.3) is 0 Å². The third-order valence-corrected chi connectivity index (χ3v) is 1.97. The van der Waals surface area contributed by atoms with Crippen LogP contribution in [0.5, 0.6) is 0 Å². The number of nitrogens with zero attached hydrogens (tertiary/aromatic N) is 2. The monoisotopic (exact) mass is 418 g/mol. The zero-order valence-electron chi connectivity index (χ0n) is 8.95. The van der Waals surface area contributed by atoms with Crippen LogP contribution in [-0.2, 0) is 20.4 Å². The van der Waals surface area contributed by atoms with Crippen LogP contribution in [0.15, 0.2) is 46.9 Å². The Bertz CT molecular complexity index is 553. The molecule has 6 nitrogen and oxygen atoms in total. The Labute approximate surface area is 116 Å². The molecule has 1 aromatic carbocycles. The number of hydrogen-bond donors (Lipinski definition) is 0. The quantitative estimate of drug-likeness (QED) is 0.567. The molecule has 0 N–H and O–H groups in total. The van der Waals surface area contributed by atoms with Crippen LogP contribution >= 0.6 is 0 Å². The van der Waals surface area contributed by atoms with Gasteiger partial charge in [0.15, 0.2) is 5.76 Å². The molecule has 0 saturated carbocycles. The van der Waals surface area contributed by atoms with Crippen molar-refractivity contribution in [1.82, 2.24) is 0 Å². The number of para-hydroxylation sites is 1. The first kappa shape index (κ1) is 14.1. The van der Waals surface area contributed by atoms with E-state index in [1.807, 2.05) is 0 Å². The number of benzene rings is 1. The van der Waals surface area contributed by atoms with Crippen molar-refractivity contribution in [1.29, 1.82) is 0 Å². The molecule has 2 aromatic rings. The first-order valence-corrected chi connectivity index (χ1v) is 4.72.